The highest BCUT2D eigenvalue weighted by Gasteiger charge is 2.40. The van der Waals surface area contributed by atoms with Crippen LogP contribution in [0.3, 0.4) is 0 Å². The van der Waals surface area contributed by atoms with Crippen molar-refractivity contribution in [1.29, 1.82) is 0 Å². The third kappa shape index (κ3) is 3.10. The molecule has 5 rings (SSSR count). The zero-order valence-corrected chi connectivity index (χ0v) is 15.5. The Hall–Kier alpha value is -2.40. The summed E-state index contributed by atoms with van der Waals surface area (Å²) in [5.74, 6) is 2.00. The number of nitrogens with zero attached hydrogens (tertiary/aromatic N) is 2. The van der Waals surface area contributed by atoms with Gasteiger partial charge in [-0.3, -0.25) is 14.8 Å². The largest absolute Gasteiger partial charge is 0.486 e. The van der Waals surface area contributed by atoms with E-state index < -0.39 is 0 Å². The Kier molecular flexibility index (Phi) is 4.12. The van der Waals surface area contributed by atoms with E-state index in [0.717, 1.165) is 36.1 Å². The molecule has 1 aromatic heterocycles. The van der Waals surface area contributed by atoms with Gasteiger partial charge in [-0.1, -0.05) is 23.8 Å². The lowest BCUT2D eigenvalue weighted by atomic mass is 9.93. The molecular formula is C21H20ClN3O2. The quantitative estimate of drug-likeness (QED) is 0.824. The van der Waals surface area contributed by atoms with Crippen LogP contribution in [0.5, 0.6) is 5.75 Å². The number of rotatable bonds is 4. The van der Waals surface area contributed by atoms with Gasteiger partial charge in [0.15, 0.2) is 0 Å². The molecular weight excluding hydrogens is 362 g/mol. The normalized spacial score (nSPS) is 27.4. The standard InChI is InChI=1S/C21H20ClN3O2/c22-18-9-14(19-11-23-3-4-24-19)7-15-8-16(27-20(15)18)10-25-21(26)17-6-12-1-2-13(17)5-12/h1-4,7,9,11-13,16-17H,5-6,8,10H2,(H,25,26)/t12-,13+,16?,17-/m1/s1. The van der Waals surface area contributed by atoms with Crippen molar-refractivity contribution in [3.8, 4) is 17.0 Å². The first-order valence-corrected chi connectivity index (χ1v) is 9.76. The minimum atomic E-state index is -0.0901. The number of aromatic nitrogens is 2. The Morgan fingerprint density at radius 2 is 2.19 bits per heavy atom. The molecule has 0 saturated heterocycles. The van der Waals surface area contributed by atoms with Gasteiger partial charge in [0.1, 0.15) is 11.9 Å². The van der Waals surface area contributed by atoms with Gasteiger partial charge in [0.05, 0.1) is 23.5 Å². The molecule has 4 atom stereocenters. The van der Waals surface area contributed by atoms with E-state index in [9.17, 15) is 4.79 Å². The van der Waals surface area contributed by atoms with E-state index in [0.29, 0.717) is 29.2 Å². The number of ether oxygens (including phenoxy) is 1. The smallest absolute Gasteiger partial charge is 0.223 e. The molecule has 1 N–H and O–H groups in total. The Labute approximate surface area is 162 Å². The van der Waals surface area contributed by atoms with E-state index in [2.05, 4.69) is 27.4 Å². The summed E-state index contributed by atoms with van der Waals surface area (Å²) in [6.07, 6.45) is 12.2. The van der Waals surface area contributed by atoms with Crippen LogP contribution in [0.1, 0.15) is 18.4 Å². The average molecular weight is 382 g/mol. The summed E-state index contributed by atoms with van der Waals surface area (Å²) in [6, 6.07) is 3.90. The van der Waals surface area contributed by atoms with Crippen LogP contribution in [0.4, 0.5) is 0 Å². The Morgan fingerprint density at radius 1 is 1.26 bits per heavy atom. The van der Waals surface area contributed by atoms with Crippen molar-refractivity contribution in [3.05, 3.63) is 53.5 Å². The van der Waals surface area contributed by atoms with Crippen molar-refractivity contribution >= 4 is 17.5 Å². The minimum absolute atomic E-state index is 0.0901. The summed E-state index contributed by atoms with van der Waals surface area (Å²) in [7, 11) is 0. The third-order valence-electron chi connectivity index (χ3n) is 5.83. The molecule has 138 valence electrons. The third-order valence-corrected chi connectivity index (χ3v) is 6.11. The van der Waals surface area contributed by atoms with Gasteiger partial charge < -0.3 is 10.1 Å². The first-order chi connectivity index (χ1) is 13.2. The van der Waals surface area contributed by atoms with Crippen molar-refractivity contribution < 1.29 is 9.53 Å². The number of benzene rings is 1. The SMILES string of the molecule is O=C(NCC1Cc2cc(-c3cnccn3)cc(Cl)c2O1)[C@@H]1C[C@@H]2C=C[C@H]1C2. The van der Waals surface area contributed by atoms with Gasteiger partial charge in [-0.15, -0.1) is 0 Å². The number of hydrogen-bond donors (Lipinski definition) is 1. The van der Waals surface area contributed by atoms with E-state index in [1.165, 1.54) is 0 Å². The lowest BCUT2D eigenvalue weighted by Gasteiger charge is -2.19. The van der Waals surface area contributed by atoms with Gasteiger partial charge in [0.25, 0.3) is 0 Å². The molecule has 1 amide bonds. The van der Waals surface area contributed by atoms with Crippen LogP contribution in [0.25, 0.3) is 11.3 Å². The Bertz CT molecular complexity index is 915. The molecule has 3 aliphatic rings. The number of halogens is 1. The molecule has 1 aliphatic heterocycles. The second-order valence-electron chi connectivity index (χ2n) is 7.61. The van der Waals surface area contributed by atoms with Crippen LogP contribution in [0.2, 0.25) is 5.02 Å². The molecule has 1 aromatic carbocycles. The summed E-state index contributed by atoms with van der Waals surface area (Å²) >= 11 is 6.43. The summed E-state index contributed by atoms with van der Waals surface area (Å²) in [4.78, 5) is 21.0. The number of allylic oxidation sites excluding steroid dienone is 2. The summed E-state index contributed by atoms with van der Waals surface area (Å²) in [5, 5.41) is 3.66. The second-order valence-corrected chi connectivity index (χ2v) is 8.02. The van der Waals surface area contributed by atoms with Crippen LogP contribution < -0.4 is 10.1 Å². The Balaban J connectivity index is 1.25. The van der Waals surface area contributed by atoms with Crippen LogP contribution in [0.15, 0.2) is 42.9 Å². The number of hydrogen-bond acceptors (Lipinski definition) is 4. The van der Waals surface area contributed by atoms with Crippen molar-refractivity contribution in [2.45, 2.75) is 25.4 Å². The highest BCUT2D eigenvalue weighted by molar-refractivity contribution is 6.32. The van der Waals surface area contributed by atoms with Gasteiger partial charge in [-0.05, 0) is 36.8 Å². The first kappa shape index (κ1) is 16.8. The van der Waals surface area contributed by atoms with E-state index in [4.69, 9.17) is 16.3 Å². The lowest BCUT2D eigenvalue weighted by molar-refractivity contribution is -0.126. The maximum Gasteiger partial charge on any atom is 0.223 e. The van der Waals surface area contributed by atoms with Crippen molar-refractivity contribution in [1.82, 2.24) is 15.3 Å². The number of carbonyl (C=O) groups excluding carboxylic acids is 1. The molecule has 1 saturated carbocycles. The van der Waals surface area contributed by atoms with Gasteiger partial charge in [0.2, 0.25) is 5.91 Å². The molecule has 27 heavy (non-hydrogen) atoms. The molecule has 1 fully saturated rings. The molecule has 5 nitrogen and oxygen atoms in total. The predicted molar refractivity (Wildman–Crippen MR) is 102 cm³/mol. The summed E-state index contributed by atoms with van der Waals surface area (Å²) in [6.45, 7) is 0.502. The molecule has 2 bridgehead atoms. The highest BCUT2D eigenvalue weighted by atomic mass is 35.5. The van der Waals surface area contributed by atoms with Crippen molar-refractivity contribution in [3.63, 3.8) is 0 Å². The topological polar surface area (TPSA) is 64.1 Å². The fourth-order valence-corrected chi connectivity index (χ4v) is 4.81. The molecule has 2 aromatic rings. The average Bonchev–Trinajstić information content (AvgIpc) is 3.42. The molecule has 2 heterocycles. The fourth-order valence-electron chi connectivity index (χ4n) is 4.53. The maximum atomic E-state index is 12.5. The monoisotopic (exact) mass is 381 g/mol. The second kappa shape index (κ2) is 6.64. The van der Waals surface area contributed by atoms with E-state index in [-0.39, 0.29) is 17.9 Å². The summed E-state index contributed by atoms with van der Waals surface area (Å²) in [5.41, 5.74) is 2.75. The van der Waals surface area contributed by atoms with Crippen LogP contribution in [0, 0.1) is 17.8 Å². The van der Waals surface area contributed by atoms with Gasteiger partial charge in [-0.2, -0.15) is 0 Å². The van der Waals surface area contributed by atoms with E-state index >= 15 is 0 Å². The van der Waals surface area contributed by atoms with E-state index in [1.54, 1.807) is 18.6 Å². The molecule has 6 heteroatoms. The first-order valence-electron chi connectivity index (χ1n) is 9.39. The van der Waals surface area contributed by atoms with Crippen LogP contribution in [-0.4, -0.2) is 28.5 Å². The van der Waals surface area contributed by atoms with Gasteiger partial charge >= 0.3 is 0 Å². The van der Waals surface area contributed by atoms with E-state index in [1.807, 2.05) is 12.1 Å². The lowest BCUT2D eigenvalue weighted by Crippen LogP contribution is -2.39. The predicted octanol–water partition coefficient (Wildman–Crippen LogP) is 3.43. The fraction of sp³-hybridized carbons (Fsp3) is 0.381. The van der Waals surface area contributed by atoms with Gasteiger partial charge in [-0.25, -0.2) is 0 Å². The highest BCUT2D eigenvalue weighted by Crippen LogP contribution is 2.43. The van der Waals surface area contributed by atoms with Crippen LogP contribution >= 0.6 is 11.6 Å². The number of amides is 1. The van der Waals surface area contributed by atoms with Gasteiger partial charge in [0, 0.05) is 35.9 Å². The zero-order chi connectivity index (χ0) is 18.4. The van der Waals surface area contributed by atoms with Crippen molar-refractivity contribution in [2.24, 2.45) is 17.8 Å². The maximum absolute atomic E-state index is 12.5. The number of fused-ring (bicyclic) bond motifs is 3. The minimum Gasteiger partial charge on any atom is -0.486 e. The molecule has 2 aliphatic carbocycles. The zero-order valence-electron chi connectivity index (χ0n) is 14.8. The number of carbonyl (C=O) groups is 1. The molecule has 1 unspecified atom stereocenters. The summed E-state index contributed by atoms with van der Waals surface area (Å²) < 4.78 is 6.01. The van der Waals surface area contributed by atoms with Crippen molar-refractivity contribution in [2.75, 3.05) is 6.54 Å². The number of nitrogens with one attached hydrogen (secondary N) is 1. The molecule has 0 radical (unpaired) electrons. The molecule has 0 spiro atoms. The Morgan fingerprint density at radius 3 is 2.93 bits per heavy atom. The van der Waals surface area contributed by atoms with Crippen LogP contribution in [-0.2, 0) is 11.2 Å².